The van der Waals surface area contributed by atoms with Gasteiger partial charge < -0.3 is 15.3 Å². The second kappa shape index (κ2) is 8.70. The van der Waals surface area contributed by atoms with Crippen LogP contribution in [0, 0.1) is 0 Å². The summed E-state index contributed by atoms with van der Waals surface area (Å²) in [6.07, 6.45) is 2.58. The van der Waals surface area contributed by atoms with Crippen LogP contribution < -0.4 is 10.2 Å². The van der Waals surface area contributed by atoms with Gasteiger partial charge in [-0.25, -0.2) is 4.98 Å². The van der Waals surface area contributed by atoms with Crippen LogP contribution in [-0.4, -0.2) is 66.3 Å². The monoisotopic (exact) mass is 306 g/mol. The van der Waals surface area contributed by atoms with Crippen LogP contribution in [-0.2, 0) is 4.79 Å². The number of amides is 1. The van der Waals surface area contributed by atoms with Crippen LogP contribution in [0.25, 0.3) is 0 Å². The molecule has 0 aliphatic carbocycles. The Kier molecular flexibility index (Phi) is 6.61. The second-order valence-corrected chi connectivity index (χ2v) is 5.75. The maximum Gasteiger partial charge on any atom is 0.221 e. The highest BCUT2D eigenvalue weighted by molar-refractivity contribution is 5.76. The number of aromatic nitrogens is 1. The molecule has 2 rings (SSSR count). The fourth-order valence-electron chi connectivity index (χ4n) is 2.51. The summed E-state index contributed by atoms with van der Waals surface area (Å²) in [5.74, 6) is 1.09. The molecule has 1 aliphatic heterocycles. The minimum absolute atomic E-state index is 0.0628. The van der Waals surface area contributed by atoms with E-state index in [1.807, 2.05) is 24.4 Å². The van der Waals surface area contributed by atoms with Gasteiger partial charge in [-0.3, -0.25) is 9.69 Å². The third kappa shape index (κ3) is 5.61. The molecular formula is C16H26N4O2. The first-order valence-electron chi connectivity index (χ1n) is 7.98. The zero-order valence-electron chi connectivity index (χ0n) is 13.2. The van der Waals surface area contributed by atoms with Crippen LogP contribution in [0.15, 0.2) is 24.4 Å². The van der Waals surface area contributed by atoms with Gasteiger partial charge in [0.05, 0.1) is 6.10 Å². The number of nitrogens with zero attached hydrogens (tertiary/aromatic N) is 3. The lowest BCUT2D eigenvalue weighted by atomic mass is 10.2. The molecule has 2 heterocycles. The van der Waals surface area contributed by atoms with E-state index >= 15 is 0 Å². The molecule has 0 radical (unpaired) electrons. The maximum absolute atomic E-state index is 11.7. The first-order chi connectivity index (χ1) is 10.6. The summed E-state index contributed by atoms with van der Waals surface area (Å²) >= 11 is 0. The van der Waals surface area contributed by atoms with Gasteiger partial charge in [0.15, 0.2) is 0 Å². The third-order valence-electron chi connectivity index (χ3n) is 3.88. The Bertz CT molecular complexity index is 445. The normalized spacial score (nSPS) is 17.3. The Balaban J connectivity index is 1.62. The first-order valence-corrected chi connectivity index (χ1v) is 7.98. The number of aliphatic hydroxyl groups is 1. The standard InChI is InChI=1S/C16H26N4O2/c1-14(21)5-8-18-16(22)6-9-19-10-12-20(13-11-19)15-4-2-3-7-17-15/h2-4,7,14,21H,5-6,8-13H2,1H3,(H,18,22). The topological polar surface area (TPSA) is 68.7 Å². The molecule has 122 valence electrons. The number of carbonyl (C=O) groups excluding carboxylic acids is 1. The molecule has 1 aromatic heterocycles. The van der Waals surface area contributed by atoms with E-state index < -0.39 is 0 Å². The molecule has 1 aliphatic rings. The van der Waals surface area contributed by atoms with E-state index in [-0.39, 0.29) is 12.0 Å². The van der Waals surface area contributed by atoms with Crippen LogP contribution in [0.5, 0.6) is 0 Å². The van der Waals surface area contributed by atoms with E-state index in [1.54, 1.807) is 6.92 Å². The Labute approximate surface area is 132 Å². The number of pyridine rings is 1. The highest BCUT2D eigenvalue weighted by atomic mass is 16.3. The van der Waals surface area contributed by atoms with E-state index in [0.29, 0.717) is 19.4 Å². The maximum atomic E-state index is 11.7. The van der Waals surface area contributed by atoms with Crippen molar-refractivity contribution in [2.24, 2.45) is 0 Å². The van der Waals surface area contributed by atoms with Gasteiger partial charge in [0, 0.05) is 51.9 Å². The predicted octanol–water partition coefficient (Wildman–Crippen LogP) is 0.481. The molecule has 22 heavy (non-hydrogen) atoms. The van der Waals surface area contributed by atoms with Crippen molar-refractivity contribution in [3.63, 3.8) is 0 Å². The van der Waals surface area contributed by atoms with E-state index in [9.17, 15) is 4.79 Å². The van der Waals surface area contributed by atoms with Crippen molar-refractivity contribution in [3.05, 3.63) is 24.4 Å². The first kappa shape index (κ1) is 16.7. The van der Waals surface area contributed by atoms with Gasteiger partial charge in [0.1, 0.15) is 5.82 Å². The summed E-state index contributed by atoms with van der Waals surface area (Å²) in [5.41, 5.74) is 0. The van der Waals surface area contributed by atoms with E-state index in [0.717, 1.165) is 38.5 Å². The van der Waals surface area contributed by atoms with E-state index in [1.165, 1.54) is 0 Å². The number of piperazine rings is 1. The highest BCUT2D eigenvalue weighted by Gasteiger charge is 2.18. The summed E-state index contributed by atoms with van der Waals surface area (Å²) in [6.45, 7) is 6.87. The second-order valence-electron chi connectivity index (χ2n) is 5.75. The molecule has 1 aromatic rings. The van der Waals surface area contributed by atoms with Gasteiger partial charge in [-0.1, -0.05) is 6.07 Å². The highest BCUT2D eigenvalue weighted by Crippen LogP contribution is 2.12. The average Bonchev–Trinajstić information content (AvgIpc) is 2.54. The molecular weight excluding hydrogens is 280 g/mol. The van der Waals surface area contributed by atoms with E-state index in [4.69, 9.17) is 5.11 Å². The smallest absolute Gasteiger partial charge is 0.221 e. The number of hydrogen-bond donors (Lipinski definition) is 2. The lowest BCUT2D eigenvalue weighted by molar-refractivity contribution is -0.121. The van der Waals surface area contributed by atoms with Crippen molar-refractivity contribution in [3.8, 4) is 0 Å². The zero-order valence-corrected chi connectivity index (χ0v) is 13.2. The molecule has 1 amide bonds. The summed E-state index contributed by atoms with van der Waals surface area (Å²) in [6, 6.07) is 5.97. The molecule has 1 fully saturated rings. The molecule has 0 spiro atoms. The van der Waals surface area contributed by atoms with E-state index in [2.05, 4.69) is 20.1 Å². The lowest BCUT2D eigenvalue weighted by Crippen LogP contribution is -2.47. The molecule has 2 N–H and O–H groups in total. The lowest BCUT2D eigenvalue weighted by Gasteiger charge is -2.35. The molecule has 1 saturated heterocycles. The van der Waals surface area contributed by atoms with Gasteiger partial charge >= 0.3 is 0 Å². The molecule has 6 heteroatoms. The summed E-state index contributed by atoms with van der Waals surface area (Å²) < 4.78 is 0. The van der Waals surface area contributed by atoms with Crippen LogP contribution in [0.4, 0.5) is 5.82 Å². The van der Waals surface area contributed by atoms with Crippen molar-refractivity contribution in [1.29, 1.82) is 0 Å². The van der Waals surface area contributed by atoms with Crippen LogP contribution in [0.2, 0.25) is 0 Å². The van der Waals surface area contributed by atoms with Crippen molar-refractivity contribution in [2.45, 2.75) is 25.9 Å². The molecule has 0 aromatic carbocycles. The van der Waals surface area contributed by atoms with Crippen LogP contribution in [0.3, 0.4) is 0 Å². The quantitative estimate of drug-likeness (QED) is 0.767. The summed E-state index contributed by atoms with van der Waals surface area (Å²) in [7, 11) is 0. The van der Waals surface area contributed by atoms with Crippen LogP contribution in [0.1, 0.15) is 19.8 Å². The number of anilines is 1. The van der Waals surface area contributed by atoms with Gasteiger partial charge in [0.2, 0.25) is 5.91 Å². The van der Waals surface area contributed by atoms with Gasteiger partial charge in [-0.2, -0.15) is 0 Å². The van der Waals surface area contributed by atoms with Gasteiger partial charge in [-0.05, 0) is 25.5 Å². The largest absolute Gasteiger partial charge is 0.393 e. The predicted molar refractivity (Wildman–Crippen MR) is 86.8 cm³/mol. The van der Waals surface area contributed by atoms with Crippen molar-refractivity contribution in [1.82, 2.24) is 15.2 Å². The van der Waals surface area contributed by atoms with Crippen molar-refractivity contribution < 1.29 is 9.90 Å². The Hall–Kier alpha value is -1.66. The Morgan fingerprint density at radius 2 is 2.14 bits per heavy atom. The molecule has 1 atom stereocenters. The van der Waals surface area contributed by atoms with Gasteiger partial charge in [0.25, 0.3) is 0 Å². The summed E-state index contributed by atoms with van der Waals surface area (Å²) in [5, 5.41) is 12.0. The zero-order chi connectivity index (χ0) is 15.8. The fraction of sp³-hybridized carbons (Fsp3) is 0.625. The third-order valence-corrected chi connectivity index (χ3v) is 3.88. The van der Waals surface area contributed by atoms with Gasteiger partial charge in [-0.15, -0.1) is 0 Å². The average molecular weight is 306 g/mol. The number of rotatable bonds is 7. The molecule has 1 unspecified atom stereocenters. The van der Waals surface area contributed by atoms with Crippen molar-refractivity contribution >= 4 is 11.7 Å². The minimum atomic E-state index is -0.361. The Morgan fingerprint density at radius 3 is 2.77 bits per heavy atom. The number of carbonyl (C=O) groups is 1. The molecule has 0 saturated carbocycles. The Morgan fingerprint density at radius 1 is 1.36 bits per heavy atom. The minimum Gasteiger partial charge on any atom is -0.393 e. The SMILES string of the molecule is CC(O)CCNC(=O)CCN1CCN(c2ccccn2)CC1. The van der Waals surface area contributed by atoms with Crippen molar-refractivity contribution in [2.75, 3.05) is 44.2 Å². The number of nitrogens with one attached hydrogen (secondary N) is 1. The molecule has 0 bridgehead atoms. The van der Waals surface area contributed by atoms with Crippen LogP contribution >= 0.6 is 0 Å². The number of hydrogen-bond acceptors (Lipinski definition) is 5. The number of aliphatic hydroxyl groups excluding tert-OH is 1. The fourth-order valence-corrected chi connectivity index (χ4v) is 2.51. The summed E-state index contributed by atoms with van der Waals surface area (Å²) in [4.78, 5) is 20.7. The molecule has 6 nitrogen and oxygen atoms in total.